The topological polar surface area (TPSA) is 54.4 Å². The second kappa shape index (κ2) is 5.65. The van der Waals surface area contributed by atoms with Gasteiger partial charge in [0, 0.05) is 16.5 Å². The van der Waals surface area contributed by atoms with Gasteiger partial charge in [0.15, 0.2) is 5.78 Å². The number of ketones is 1. The van der Waals surface area contributed by atoms with Gasteiger partial charge < -0.3 is 5.11 Å². The summed E-state index contributed by atoms with van der Waals surface area (Å²) in [5.41, 5.74) is 0.691. The summed E-state index contributed by atoms with van der Waals surface area (Å²) in [5.74, 6) is -0.683. The van der Waals surface area contributed by atoms with Crippen LogP contribution in [0, 0.1) is 11.8 Å². The summed E-state index contributed by atoms with van der Waals surface area (Å²) in [5, 5.41) is 8.93. The van der Waals surface area contributed by atoms with Crippen molar-refractivity contribution in [3.05, 3.63) is 34.3 Å². The van der Waals surface area contributed by atoms with E-state index in [1.54, 1.807) is 6.07 Å². The number of benzene rings is 1. The first-order valence-electron chi connectivity index (χ1n) is 6.08. The highest BCUT2D eigenvalue weighted by atomic mass is 79.9. The van der Waals surface area contributed by atoms with Crippen LogP contribution in [0.15, 0.2) is 28.7 Å². The molecule has 0 radical (unpaired) electrons. The molecule has 3 nitrogen and oxygen atoms in total. The zero-order valence-electron chi connectivity index (χ0n) is 9.93. The van der Waals surface area contributed by atoms with Gasteiger partial charge in [0.05, 0.1) is 5.92 Å². The summed E-state index contributed by atoms with van der Waals surface area (Å²) in [6.45, 7) is 0. The molecule has 0 saturated heterocycles. The zero-order chi connectivity index (χ0) is 13.1. The van der Waals surface area contributed by atoms with Crippen LogP contribution in [0.1, 0.15) is 36.0 Å². The van der Waals surface area contributed by atoms with E-state index >= 15 is 0 Å². The minimum absolute atomic E-state index is 0.0958. The van der Waals surface area contributed by atoms with E-state index in [-0.39, 0.29) is 17.6 Å². The molecule has 0 bridgehead atoms. The molecule has 0 heterocycles. The first-order chi connectivity index (χ1) is 8.58. The van der Waals surface area contributed by atoms with Crippen LogP contribution in [0.25, 0.3) is 0 Å². The lowest BCUT2D eigenvalue weighted by Gasteiger charge is -2.09. The summed E-state index contributed by atoms with van der Waals surface area (Å²) < 4.78 is 0.808. The van der Waals surface area contributed by atoms with Gasteiger partial charge in [-0.15, -0.1) is 0 Å². The van der Waals surface area contributed by atoms with Crippen molar-refractivity contribution in [1.82, 2.24) is 0 Å². The van der Waals surface area contributed by atoms with Crippen LogP contribution in [0.5, 0.6) is 0 Å². The van der Waals surface area contributed by atoms with Gasteiger partial charge in [0.2, 0.25) is 0 Å². The molecule has 96 valence electrons. The Morgan fingerprint density at radius 2 is 2.00 bits per heavy atom. The van der Waals surface area contributed by atoms with E-state index in [0.717, 1.165) is 10.9 Å². The van der Waals surface area contributed by atoms with Crippen LogP contribution in [0.4, 0.5) is 0 Å². The molecule has 0 aromatic heterocycles. The molecular weight excluding hydrogens is 296 g/mol. The number of hydrogen-bond acceptors (Lipinski definition) is 2. The average molecular weight is 311 g/mol. The van der Waals surface area contributed by atoms with Gasteiger partial charge in [-0.25, -0.2) is 0 Å². The molecular formula is C14H15BrO3. The van der Waals surface area contributed by atoms with Gasteiger partial charge in [0.25, 0.3) is 0 Å². The summed E-state index contributed by atoms with van der Waals surface area (Å²) in [4.78, 5) is 23.0. The van der Waals surface area contributed by atoms with Crippen LogP contribution in [-0.4, -0.2) is 16.9 Å². The number of halogens is 1. The highest BCUT2D eigenvalue weighted by Crippen LogP contribution is 2.34. The molecule has 1 aliphatic carbocycles. The first-order valence-corrected chi connectivity index (χ1v) is 6.87. The standard InChI is InChI=1S/C14H15BrO3/c15-12-4-2-1-3-11(12)13(16)8-9-5-6-10(7-9)14(17)18/h1-4,9-10H,5-8H2,(H,17,18)/t9-,10+/m0/s1. The Morgan fingerprint density at radius 3 is 2.61 bits per heavy atom. The Morgan fingerprint density at radius 1 is 1.28 bits per heavy atom. The minimum Gasteiger partial charge on any atom is -0.481 e. The van der Waals surface area contributed by atoms with Crippen LogP contribution in [-0.2, 0) is 4.79 Å². The normalized spacial score (nSPS) is 22.9. The molecule has 1 saturated carbocycles. The molecule has 0 spiro atoms. The van der Waals surface area contributed by atoms with Crippen molar-refractivity contribution in [2.45, 2.75) is 25.7 Å². The fraction of sp³-hybridized carbons (Fsp3) is 0.429. The Balaban J connectivity index is 1.97. The number of carboxylic acids is 1. The summed E-state index contributed by atoms with van der Waals surface area (Å²) in [6.07, 6.45) is 2.62. The molecule has 0 unspecified atom stereocenters. The number of rotatable bonds is 4. The van der Waals surface area contributed by atoms with Crippen molar-refractivity contribution in [2.24, 2.45) is 11.8 Å². The van der Waals surface area contributed by atoms with Gasteiger partial charge in [-0.05, 0) is 31.2 Å². The van der Waals surface area contributed by atoms with Crippen LogP contribution in [0.2, 0.25) is 0 Å². The Kier molecular flexibility index (Phi) is 4.17. The van der Waals surface area contributed by atoms with Gasteiger partial charge in [-0.3, -0.25) is 9.59 Å². The Bertz CT molecular complexity index is 470. The Hall–Kier alpha value is -1.16. The molecule has 1 aromatic rings. The number of carbonyl (C=O) groups excluding carboxylic acids is 1. The zero-order valence-corrected chi connectivity index (χ0v) is 11.5. The predicted octanol–water partition coefficient (Wildman–Crippen LogP) is 3.52. The van der Waals surface area contributed by atoms with Crippen LogP contribution >= 0.6 is 15.9 Å². The van der Waals surface area contributed by atoms with Crippen molar-refractivity contribution < 1.29 is 14.7 Å². The highest BCUT2D eigenvalue weighted by Gasteiger charge is 2.31. The highest BCUT2D eigenvalue weighted by molar-refractivity contribution is 9.10. The van der Waals surface area contributed by atoms with E-state index in [4.69, 9.17) is 5.11 Å². The maximum atomic E-state index is 12.1. The van der Waals surface area contributed by atoms with Crippen LogP contribution < -0.4 is 0 Å². The number of hydrogen-bond donors (Lipinski definition) is 1. The van der Waals surface area contributed by atoms with Gasteiger partial charge in [0.1, 0.15) is 0 Å². The van der Waals surface area contributed by atoms with Crippen molar-refractivity contribution in [3.8, 4) is 0 Å². The lowest BCUT2D eigenvalue weighted by Crippen LogP contribution is -2.11. The molecule has 0 aliphatic heterocycles. The van der Waals surface area contributed by atoms with Gasteiger partial charge in [-0.1, -0.05) is 34.1 Å². The lowest BCUT2D eigenvalue weighted by atomic mass is 9.96. The van der Waals surface area contributed by atoms with E-state index in [0.29, 0.717) is 24.8 Å². The molecule has 4 heteroatoms. The number of Topliss-reactive ketones (excluding diaryl/α,β-unsaturated/α-hetero) is 1. The van der Waals surface area contributed by atoms with Crippen molar-refractivity contribution in [1.29, 1.82) is 0 Å². The molecule has 1 N–H and O–H groups in total. The molecule has 1 fully saturated rings. The molecule has 1 aliphatic rings. The molecule has 2 atom stereocenters. The molecule has 0 amide bonds. The minimum atomic E-state index is -0.731. The molecule has 1 aromatic carbocycles. The summed E-state index contributed by atoms with van der Waals surface area (Å²) in [6, 6.07) is 7.36. The lowest BCUT2D eigenvalue weighted by molar-refractivity contribution is -0.141. The van der Waals surface area contributed by atoms with Crippen molar-refractivity contribution in [2.75, 3.05) is 0 Å². The third-order valence-corrected chi connectivity index (χ3v) is 4.23. The monoisotopic (exact) mass is 310 g/mol. The van der Waals surface area contributed by atoms with Crippen LogP contribution in [0.3, 0.4) is 0 Å². The fourth-order valence-corrected chi connectivity index (χ4v) is 3.05. The third kappa shape index (κ3) is 2.99. The quantitative estimate of drug-likeness (QED) is 0.866. The second-order valence-electron chi connectivity index (χ2n) is 4.82. The number of aliphatic carboxylic acids is 1. The Labute approximate surface area is 114 Å². The summed E-state index contributed by atoms with van der Waals surface area (Å²) in [7, 11) is 0. The number of carbonyl (C=O) groups is 2. The maximum Gasteiger partial charge on any atom is 0.306 e. The van der Waals surface area contributed by atoms with E-state index in [2.05, 4.69) is 15.9 Å². The van der Waals surface area contributed by atoms with E-state index < -0.39 is 5.97 Å². The third-order valence-electron chi connectivity index (χ3n) is 3.54. The van der Waals surface area contributed by atoms with Crippen molar-refractivity contribution >= 4 is 27.7 Å². The SMILES string of the molecule is O=C(C[C@H]1CC[C@@H](C(=O)O)C1)c1ccccc1Br. The molecule has 18 heavy (non-hydrogen) atoms. The van der Waals surface area contributed by atoms with Gasteiger partial charge in [-0.2, -0.15) is 0 Å². The predicted molar refractivity (Wildman–Crippen MR) is 71.6 cm³/mol. The number of carboxylic acid groups (broad SMARTS) is 1. The first kappa shape index (κ1) is 13.3. The maximum absolute atomic E-state index is 12.1. The largest absolute Gasteiger partial charge is 0.481 e. The summed E-state index contributed by atoms with van der Waals surface area (Å²) >= 11 is 3.37. The van der Waals surface area contributed by atoms with E-state index in [1.807, 2.05) is 18.2 Å². The second-order valence-corrected chi connectivity index (χ2v) is 5.68. The van der Waals surface area contributed by atoms with E-state index in [9.17, 15) is 9.59 Å². The fourth-order valence-electron chi connectivity index (χ4n) is 2.54. The van der Waals surface area contributed by atoms with Crippen molar-refractivity contribution in [3.63, 3.8) is 0 Å². The molecule has 2 rings (SSSR count). The van der Waals surface area contributed by atoms with E-state index in [1.165, 1.54) is 0 Å². The van der Waals surface area contributed by atoms with Gasteiger partial charge >= 0.3 is 5.97 Å². The average Bonchev–Trinajstić information content (AvgIpc) is 2.78. The smallest absolute Gasteiger partial charge is 0.306 e.